The van der Waals surface area contributed by atoms with Gasteiger partial charge in [-0.05, 0) is 6.07 Å². The van der Waals surface area contributed by atoms with E-state index in [2.05, 4.69) is 4.98 Å². The maximum atomic E-state index is 12.8. The Hall–Kier alpha value is -1.30. The second-order valence-corrected chi connectivity index (χ2v) is 3.11. The Morgan fingerprint density at radius 1 is 1.53 bits per heavy atom. The lowest BCUT2D eigenvalue weighted by molar-refractivity contribution is 0.156. The molecule has 0 fully saturated rings. The van der Waals surface area contributed by atoms with Gasteiger partial charge in [-0.15, -0.1) is 0 Å². The number of aromatic nitrogens is 1. The highest BCUT2D eigenvalue weighted by atomic mass is 19.3. The number of hydrogen-bond acceptors (Lipinski definition) is 3. The van der Waals surface area contributed by atoms with Crippen LogP contribution in [0.5, 0.6) is 0 Å². The second kappa shape index (κ2) is 4.97. The first-order valence-electron chi connectivity index (χ1n) is 4.38. The maximum absolute atomic E-state index is 12.8. The van der Waals surface area contributed by atoms with Crippen LogP contribution in [0.1, 0.15) is 5.56 Å². The van der Waals surface area contributed by atoms with Crippen LogP contribution >= 0.6 is 0 Å². The molecule has 6 heteroatoms. The Balaban J connectivity index is 2.92. The highest BCUT2D eigenvalue weighted by Gasteiger charge is 2.13. The Morgan fingerprint density at radius 3 is 2.73 bits per heavy atom. The molecule has 0 atom stereocenters. The molecule has 15 heavy (non-hydrogen) atoms. The molecular weight excluding hydrogens is 207 g/mol. The van der Waals surface area contributed by atoms with Crippen molar-refractivity contribution >= 4 is 5.82 Å². The summed E-state index contributed by atoms with van der Waals surface area (Å²) in [5.74, 6) is -0.233. The molecule has 0 aliphatic rings. The van der Waals surface area contributed by atoms with E-state index in [4.69, 9.17) is 5.73 Å². The van der Waals surface area contributed by atoms with Crippen LogP contribution in [-0.2, 0) is 6.54 Å². The molecular formula is C9H12F3N3. The predicted octanol–water partition coefficient (Wildman–Crippen LogP) is 1.38. The van der Waals surface area contributed by atoms with Gasteiger partial charge in [0, 0.05) is 19.2 Å². The molecule has 0 saturated heterocycles. The standard InChI is InChI=1S/C9H12F3N3/c1-15(5-8(11)12)9-6(3-13)2-7(10)4-14-9/h2,4,8H,3,5,13H2,1H3. The summed E-state index contributed by atoms with van der Waals surface area (Å²) in [6.45, 7) is -0.390. The van der Waals surface area contributed by atoms with Crippen LogP contribution in [0, 0.1) is 5.82 Å². The smallest absolute Gasteiger partial charge is 0.255 e. The van der Waals surface area contributed by atoms with Crippen LogP contribution in [0.25, 0.3) is 0 Å². The van der Waals surface area contributed by atoms with E-state index in [1.165, 1.54) is 18.0 Å². The number of alkyl halides is 2. The zero-order valence-corrected chi connectivity index (χ0v) is 8.25. The minimum Gasteiger partial charge on any atom is -0.354 e. The summed E-state index contributed by atoms with van der Waals surface area (Å²) in [6.07, 6.45) is -1.48. The molecule has 0 aromatic carbocycles. The molecule has 1 aromatic rings. The summed E-state index contributed by atoms with van der Waals surface area (Å²) in [4.78, 5) is 5.00. The molecule has 1 aromatic heterocycles. The van der Waals surface area contributed by atoms with Gasteiger partial charge in [-0.3, -0.25) is 0 Å². The van der Waals surface area contributed by atoms with Gasteiger partial charge in [0.15, 0.2) is 0 Å². The van der Waals surface area contributed by atoms with Gasteiger partial charge in [0.05, 0.1) is 12.7 Å². The van der Waals surface area contributed by atoms with E-state index in [0.29, 0.717) is 11.4 Å². The first kappa shape index (κ1) is 11.8. The molecule has 3 nitrogen and oxygen atoms in total. The summed E-state index contributed by atoms with van der Waals surface area (Å²) in [5.41, 5.74) is 5.78. The number of nitrogens with two attached hydrogens (primary N) is 1. The fourth-order valence-electron chi connectivity index (χ4n) is 1.26. The number of hydrogen-bond donors (Lipinski definition) is 1. The minimum atomic E-state index is -2.47. The SMILES string of the molecule is CN(CC(F)F)c1ncc(F)cc1CN. The number of pyridine rings is 1. The van der Waals surface area contributed by atoms with Crippen LogP contribution in [0.2, 0.25) is 0 Å². The van der Waals surface area contributed by atoms with Crippen LogP contribution in [0.3, 0.4) is 0 Å². The van der Waals surface area contributed by atoms with E-state index < -0.39 is 18.8 Å². The number of nitrogens with zero attached hydrogens (tertiary/aromatic N) is 2. The van der Waals surface area contributed by atoms with Gasteiger partial charge in [-0.2, -0.15) is 0 Å². The van der Waals surface area contributed by atoms with Crippen molar-refractivity contribution in [3.05, 3.63) is 23.6 Å². The molecule has 84 valence electrons. The van der Waals surface area contributed by atoms with E-state index in [1.807, 2.05) is 0 Å². The zero-order valence-electron chi connectivity index (χ0n) is 8.25. The Kier molecular flexibility index (Phi) is 3.90. The average Bonchev–Trinajstić information content (AvgIpc) is 2.16. The molecule has 0 aliphatic carbocycles. The number of rotatable bonds is 4. The lowest BCUT2D eigenvalue weighted by Crippen LogP contribution is -2.26. The van der Waals surface area contributed by atoms with Crippen molar-refractivity contribution in [1.29, 1.82) is 0 Å². The fraction of sp³-hybridized carbons (Fsp3) is 0.444. The van der Waals surface area contributed by atoms with E-state index in [0.717, 1.165) is 6.20 Å². The highest BCUT2D eigenvalue weighted by molar-refractivity contribution is 5.46. The minimum absolute atomic E-state index is 0.0632. The molecule has 0 amide bonds. The molecule has 0 radical (unpaired) electrons. The van der Waals surface area contributed by atoms with Crippen molar-refractivity contribution in [3.63, 3.8) is 0 Å². The van der Waals surface area contributed by atoms with Gasteiger partial charge in [-0.25, -0.2) is 18.2 Å². The van der Waals surface area contributed by atoms with Crippen molar-refractivity contribution in [2.75, 3.05) is 18.5 Å². The molecule has 0 saturated carbocycles. The van der Waals surface area contributed by atoms with Crippen molar-refractivity contribution in [2.24, 2.45) is 5.73 Å². The lowest BCUT2D eigenvalue weighted by atomic mass is 10.2. The van der Waals surface area contributed by atoms with Crippen molar-refractivity contribution < 1.29 is 13.2 Å². The van der Waals surface area contributed by atoms with Crippen LogP contribution in [-0.4, -0.2) is 25.0 Å². The molecule has 0 bridgehead atoms. The Bertz CT molecular complexity index is 330. The van der Waals surface area contributed by atoms with Crippen LogP contribution in [0.4, 0.5) is 19.0 Å². The summed E-state index contributed by atoms with van der Waals surface area (Å²) >= 11 is 0. The molecule has 0 aliphatic heterocycles. The third kappa shape index (κ3) is 3.09. The fourth-order valence-corrected chi connectivity index (χ4v) is 1.26. The number of halogens is 3. The lowest BCUT2D eigenvalue weighted by Gasteiger charge is -2.20. The Morgan fingerprint density at radius 2 is 2.20 bits per heavy atom. The van der Waals surface area contributed by atoms with Gasteiger partial charge in [0.1, 0.15) is 11.6 Å². The third-order valence-corrected chi connectivity index (χ3v) is 1.90. The molecule has 0 spiro atoms. The van der Waals surface area contributed by atoms with Gasteiger partial charge >= 0.3 is 0 Å². The monoisotopic (exact) mass is 219 g/mol. The van der Waals surface area contributed by atoms with Crippen molar-refractivity contribution in [2.45, 2.75) is 13.0 Å². The quantitative estimate of drug-likeness (QED) is 0.831. The van der Waals surface area contributed by atoms with Crippen molar-refractivity contribution in [1.82, 2.24) is 4.98 Å². The second-order valence-electron chi connectivity index (χ2n) is 3.11. The van der Waals surface area contributed by atoms with Crippen LogP contribution < -0.4 is 10.6 Å². The van der Waals surface area contributed by atoms with Crippen LogP contribution in [0.15, 0.2) is 12.3 Å². The summed E-state index contributed by atoms with van der Waals surface area (Å²) in [7, 11) is 1.46. The average molecular weight is 219 g/mol. The normalized spacial score (nSPS) is 10.8. The number of anilines is 1. The molecule has 0 unspecified atom stereocenters. The first-order valence-corrected chi connectivity index (χ1v) is 4.38. The molecule has 1 heterocycles. The van der Waals surface area contributed by atoms with E-state index >= 15 is 0 Å². The highest BCUT2D eigenvalue weighted by Crippen LogP contribution is 2.17. The summed E-state index contributed by atoms with van der Waals surface area (Å²) < 4.78 is 37.0. The largest absolute Gasteiger partial charge is 0.354 e. The third-order valence-electron chi connectivity index (χ3n) is 1.90. The van der Waals surface area contributed by atoms with E-state index in [-0.39, 0.29) is 6.54 Å². The maximum Gasteiger partial charge on any atom is 0.255 e. The predicted molar refractivity (Wildman–Crippen MR) is 51.4 cm³/mol. The topological polar surface area (TPSA) is 42.2 Å². The van der Waals surface area contributed by atoms with E-state index in [1.54, 1.807) is 0 Å². The van der Waals surface area contributed by atoms with Gasteiger partial charge in [-0.1, -0.05) is 0 Å². The first-order chi connectivity index (χ1) is 7.04. The Labute approximate surface area is 85.7 Å². The van der Waals surface area contributed by atoms with E-state index in [9.17, 15) is 13.2 Å². The van der Waals surface area contributed by atoms with Gasteiger partial charge in [0.2, 0.25) is 0 Å². The molecule has 1 rings (SSSR count). The zero-order chi connectivity index (χ0) is 11.4. The van der Waals surface area contributed by atoms with Gasteiger partial charge in [0.25, 0.3) is 6.43 Å². The molecule has 2 N–H and O–H groups in total. The van der Waals surface area contributed by atoms with Gasteiger partial charge < -0.3 is 10.6 Å². The summed E-state index contributed by atoms with van der Waals surface area (Å²) in [5, 5.41) is 0. The summed E-state index contributed by atoms with van der Waals surface area (Å²) in [6, 6.07) is 1.20. The van der Waals surface area contributed by atoms with Crippen molar-refractivity contribution in [3.8, 4) is 0 Å².